The number of nitrogens with zero attached hydrogens (tertiary/aromatic N) is 3. The Balaban J connectivity index is 1.26. The maximum absolute atomic E-state index is 11.9. The highest BCUT2D eigenvalue weighted by Crippen LogP contribution is 2.39. The van der Waals surface area contributed by atoms with Gasteiger partial charge in [-0.25, -0.2) is 0 Å². The van der Waals surface area contributed by atoms with Gasteiger partial charge in [-0.15, -0.1) is 10.2 Å². The van der Waals surface area contributed by atoms with Crippen LogP contribution in [-0.2, 0) is 11.2 Å². The minimum atomic E-state index is 0.176. The monoisotopic (exact) mass is 364 g/mol. The van der Waals surface area contributed by atoms with Crippen LogP contribution in [0.1, 0.15) is 44.3 Å². The molecular weight excluding hydrogens is 340 g/mol. The molecule has 0 radical (unpaired) electrons. The number of amides is 1. The van der Waals surface area contributed by atoms with E-state index in [1.165, 1.54) is 18.6 Å². The van der Waals surface area contributed by atoms with Gasteiger partial charge in [0.05, 0.1) is 0 Å². The van der Waals surface area contributed by atoms with Gasteiger partial charge in [-0.1, -0.05) is 34.1 Å². The number of carbonyl (C=O) groups is 1. The van der Waals surface area contributed by atoms with Gasteiger partial charge in [0.1, 0.15) is 5.82 Å². The number of unbranched alkanes of at least 4 members (excludes halogenated alkanes) is 1. The predicted molar refractivity (Wildman–Crippen MR) is 101 cm³/mol. The Hall–Kier alpha value is -1.21. The molecule has 24 heavy (non-hydrogen) atoms. The second-order valence-electron chi connectivity index (χ2n) is 6.07. The molecule has 5 nitrogen and oxygen atoms in total. The molecule has 0 spiro atoms. The third-order valence-corrected chi connectivity index (χ3v) is 7.20. The number of carbonyl (C=O) groups excluding carboxylic acids is 1. The second-order valence-corrected chi connectivity index (χ2v) is 8.86. The Morgan fingerprint density at radius 1 is 1.29 bits per heavy atom. The van der Waals surface area contributed by atoms with Crippen molar-refractivity contribution in [3.05, 3.63) is 30.2 Å². The average molecular weight is 365 g/mol. The molecular formula is C17H24N4OS2. The van der Waals surface area contributed by atoms with Crippen molar-refractivity contribution in [3.8, 4) is 0 Å². The summed E-state index contributed by atoms with van der Waals surface area (Å²) in [6.45, 7) is 0.704. The summed E-state index contributed by atoms with van der Waals surface area (Å²) in [5, 5.41) is 12.2. The van der Waals surface area contributed by atoms with Crippen LogP contribution in [0.25, 0.3) is 5.65 Å². The van der Waals surface area contributed by atoms with Crippen LogP contribution in [0, 0.1) is 0 Å². The lowest BCUT2D eigenvalue weighted by Crippen LogP contribution is -2.24. The Morgan fingerprint density at radius 3 is 3.12 bits per heavy atom. The third kappa shape index (κ3) is 5.14. The van der Waals surface area contributed by atoms with E-state index in [1.807, 2.05) is 50.4 Å². The normalized spacial score (nSPS) is 17.4. The minimum Gasteiger partial charge on any atom is -0.356 e. The lowest BCUT2D eigenvalue weighted by molar-refractivity contribution is -0.121. The van der Waals surface area contributed by atoms with Crippen LogP contribution in [0.3, 0.4) is 0 Å². The Kier molecular flexibility index (Phi) is 6.84. The molecule has 0 aliphatic carbocycles. The lowest BCUT2D eigenvalue weighted by Gasteiger charge is -2.07. The van der Waals surface area contributed by atoms with Gasteiger partial charge < -0.3 is 5.32 Å². The Bertz CT molecular complexity index is 655. The zero-order chi connectivity index (χ0) is 16.6. The first-order valence-corrected chi connectivity index (χ1v) is 11.0. The quantitative estimate of drug-likeness (QED) is 0.545. The SMILES string of the molecule is O=C(CCCCC1CCSS1)NCCCc1nnc2ccccn12. The average Bonchev–Trinajstić information content (AvgIpc) is 3.25. The van der Waals surface area contributed by atoms with Crippen LogP contribution in [0.15, 0.2) is 24.4 Å². The van der Waals surface area contributed by atoms with Crippen molar-refractivity contribution in [2.24, 2.45) is 0 Å². The van der Waals surface area contributed by atoms with Crippen LogP contribution >= 0.6 is 21.6 Å². The van der Waals surface area contributed by atoms with Crippen LogP contribution in [0.5, 0.6) is 0 Å². The molecule has 0 bridgehead atoms. The molecule has 1 aliphatic heterocycles. The first-order chi connectivity index (χ1) is 11.8. The third-order valence-electron chi connectivity index (χ3n) is 4.19. The van der Waals surface area contributed by atoms with Crippen LogP contribution in [-0.4, -0.2) is 38.1 Å². The van der Waals surface area contributed by atoms with E-state index >= 15 is 0 Å². The largest absolute Gasteiger partial charge is 0.356 e. The second kappa shape index (κ2) is 9.32. The van der Waals surface area contributed by atoms with Crippen molar-refractivity contribution in [2.45, 2.75) is 50.2 Å². The number of pyridine rings is 1. The van der Waals surface area contributed by atoms with Gasteiger partial charge in [-0.05, 0) is 37.8 Å². The molecule has 1 atom stereocenters. The number of fused-ring (bicyclic) bond motifs is 1. The molecule has 0 aromatic carbocycles. The number of rotatable bonds is 9. The number of hydrogen-bond donors (Lipinski definition) is 1. The molecule has 1 unspecified atom stereocenters. The summed E-state index contributed by atoms with van der Waals surface area (Å²) in [4.78, 5) is 11.9. The highest BCUT2D eigenvalue weighted by atomic mass is 33.1. The highest BCUT2D eigenvalue weighted by Gasteiger charge is 2.15. The van der Waals surface area contributed by atoms with Crippen molar-refractivity contribution < 1.29 is 4.79 Å². The number of hydrogen-bond acceptors (Lipinski definition) is 5. The number of nitrogens with one attached hydrogen (secondary N) is 1. The molecule has 2 aromatic heterocycles. The van der Waals surface area contributed by atoms with Gasteiger partial charge >= 0.3 is 0 Å². The topological polar surface area (TPSA) is 59.3 Å². The summed E-state index contributed by atoms with van der Waals surface area (Å²) < 4.78 is 2.00. The molecule has 1 amide bonds. The standard InChI is InChI=1S/C17H24N4OS2/c22-17(9-2-1-6-14-10-13-23-24-14)18-11-5-8-16-20-19-15-7-3-4-12-21(15)16/h3-4,7,12,14H,1-2,5-6,8-11,13H2,(H,18,22). The molecule has 130 valence electrons. The van der Waals surface area contributed by atoms with Crippen molar-refractivity contribution in [1.29, 1.82) is 0 Å². The molecule has 7 heteroatoms. The van der Waals surface area contributed by atoms with E-state index in [1.54, 1.807) is 0 Å². The van der Waals surface area contributed by atoms with E-state index < -0.39 is 0 Å². The van der Waals surface area contributed by atoms with Gasteiger partial charge in [0, 0.05) is 36.6 Å². The molecule has 3 rings (SSSR count). The molecule has 2 aromatic rings. The van der Waals surface area contributed by atoms with E-state index in [0.29, 0.717) is 13.0 Å². The Labute approximate surface area is 150 Å². The first kappa shape index (κ1) is 17.6. The van der Waals surface area contributed by atoms with Crippen molar-refractivity contribution in [3.63, 3.8) is 0 Å². The van der Waals surface area contributed by atoms with Crippen molar-refractivity contribution in [2.75, 3.05) is 12.3 Å². The Morgan fingerprint density at radius 2 is 2.25 bits per heavy atom. The zero-order valence-corrected chi connectivity index (χ0v) is 15.5. The van der Waals surface area contributed by atoms with E-state index in [9.17, 15) is 4.79 Å². The summed E-state index contributed by atoms with van der Waals surface area (Å²) in [6.07, 6.45) is 9.09. The van der Waals surface area contributed by atoms with Crippen LogP contribution in [0.2, 0.25) is 0 Å². The minimum absolute atomic E-state index is 0.176. The fourth-order valence-electron chi connectivity index (χ4n) is 2.85. The summed E-state index contributed by atoms with van der Waals surface area (Å²) in [6, 6.07) is 5.88. The van der Waals surface area contributed by atoms with Crippen LogP contribution < -0.4 is 5.32 Å². The molecule has 1 N–H and O–H groups in total. The van der Waals surface area contributed by atoms with E-state index in [-0.39, 0.29) is 5.91 Å². The first-order valence-electron chi connectivity index (χ1n) is 8.66. The summed E-state index contributed by atoms with van der Waals surface area (Å²) in [5.41, 5.74) is 0.871. The number of aromatic nitrogens is 3. The molecule has 0 saturated carbocycles. The maximum Gasteiger partial charge on any atom is 0.219 e. The summed E-state index contributed by atoms with van der Waals surface area (Å²) in [5.74, 6) is 2.42. The van der Waals surface area contributed by atoms with Crippen LogP contribution in [0.4, 0.5) is 0 Å². The highest BCUT2D eigenvalue weighted by molar-refractivity contribution is 8.77. The van der Waals surface area contributed by atoms with Crippen molar-refractivity contribution >= 4 is 33.1 Å². The van der Waals surface area contributed by atoms with E-state index in [4.69, 9.17) is 0 Å². The van der Waals surface area contributed by atoms with Gasteiger partial charge in [-0.3, -0.25) is 9.20 Å². The van der Waals surface area contributed by atoms with Gasteiger partial charge in [0.25, 0.3) is 0 Å². The smallest absolute Gasteiger partial charge is 0.219 e. The molecule has 3 heterocycles. The zero-order valence-electron chi connectivity index (χ0n) is 13.8. The fourth-order valence-corrected chi connectivity index (χ4v) is 5.87. The van der Waals surface area contributed by atoms with Gasteiger partial charge in [0.2, 0.25) is 5.91 Å². The predicted octanol–water partition coefficient (Wildman–Crippen LogP) is 3.49. The fraction of sp³-hybridized carbons (Fsp3) is 0.588. The maximum atomic E-state index is 11.9. The molecule has 1 fully saturated rings. The molecule has 1 saturated heterocycles. The number of aryl methyl sites for hydroxylation is 1. The lowest BCUT2D eigenvalue weighted by atomic mass is 10.1. The summed E-state index contributed by atoms with van der Waals surface area (Å²) in [7, 11) is 4.01. The van der Waals surface area contributed by atoms with Gasteiger partial charge in [0.15, 0.2) is 5.65 Å². The van der Waals surface area contributed by atoms with Crippen molar-refractivity contribution in [1.82, 2.24) is 19.9 Å². The van der Waals surface area contributed by atoms with E-state index in [2.05, 4.69) is 15.5 Å². The summed E-state index contributed by atoms with van der Waals surface area (Å²) >= 11 is 0. The van der Waals surface area contributed by atoms with Gasteiger partial charge in [-0.2, -0.15) is 0 Å². The van der Waals surface area contributed by atoms with E-state index in [0.717, 1.165) is 42.4 Å². The molecule has 1 aliphatic rings.